The van der Waals surface area contributed by atoms with Gasteiger partial charge in [0.1, 0.15) is 5.69 Å². The highest BCUT2D eigenvalue weighted by Crippen LogP contribution is 2.38. The van der Waals surface area contributed by atoms with E-state index in [1.54, 1.807) is 12.3 Å². The summed E-state index contributed by atoms with van der Waals surface area (Å²) in [5.41, 5.74) is 3.95. The first kappa shape index (κ1) is 19.0. The van der Waals surface area contributed by atoms with Gasteiger partial charge in [-0.2, -0.15) is 0 Å². The summed E-state index contributed by atoms with van der Waals surface area (Å²) in [5, 5.41) is 6.64. The fraction of sp³-hybridized carbons (Fsp3) is 0.138. The minimum atomic E-state index is -0.352. The molecule has 32 heavy (non-hydrogen) atoms. The van der Waals surface area contributed by atoms with Crippen molar-refractivity contribution in [1.82, 2.24) is 4.98 Å². The Hall–Kier alpha value is -3.72. The Morgan fingerprint density at radius 2 is 1.59 bits per heavy atom. The summed E-state index contributed by atoms with van der Waals surface area (Å²) in [7, 11) is 0. The Morgan fingerprint density at radius 1 is 0.812 bits per heavy atom. The van der Waals surface area contributed by atoms with Crippen molar-refractivity contribution in [1.29, 1.82) is 0 Å². The zero-order chi connectivity index (χ0) is 21.8. The molecular formula is C29H22FNO. The number of hydrogen-bond donors (Lipinski definition) is 0. The number of aromatic nitrogens is 1. The zero-order valence-corrected chi connectivity index (χ0v) is 18.0. The molecule has 0 aliphatic rings. The van der Waals surface area contributed by atoms with Crippen LogP contribution in [0.4, 0.5) is 4.39 Å². The molecule has 0 N–H and O–H groups in total. The van der Waals surface area contributed by atoms with Gasteiger partial charge in [-0.1, -0.05) is 62.4 Å². The van der Waals surface area contributed by atoms with Crippen LogP contribution >= 0.6 is 0 Å². The van der Waals surface area contributed by atoms with Crippen molar-refractivity contribution in [2.45, 2.75) is 20.3 Å². The van der Waals surface area contributed by atoms with Crippen molar-refractivity contribution in [2.24, 2.45) is 5.92 Å². The summed E-state index contributed by atoms with van der Waals surface area (Å²) in [6, 6.07) is 24.2. The molecule has 0 atom stereocenters. The quantitative estimate of drug-likeness (QED) is 0.270. The van der Waals surface area contributed by atoms with Crippen LogP contribution in [-0.4, -0.2) is 4.98 Å². The Kier molecular flexibility index (Phi) is 4.25. The molecule has 6 rings (SSSR count). The van der Waals surface area contributed by atoms with E-state index >= 15 is 0 Å². The fourth-order valence-electron chi connectivity index (χ4n) is 4.87. The second kappa shape index (κ2) is 7.16. The van der Waals surface area contributed by atoms with E-state index in [-0.39, 0.29) is 11.4 Å². The minimum Gasteiger partial charge on any atom is -0.451 e. The molecule has 0 amide bonds. The van der Waals surface area contributed by atoms with Gasteiger partial charge in [-0.3, -0.25) is 4.98 Å². The number of hydrogen-bond acceptors (Lipinski definition) is 2. The summed E-state index contributed by atoms with van der Waals surface area (Å²) in [5.74, 6) is 0.159. The first-order valence-electron chi connectivity index (χ1n) is 11.0. The Bertz CT molecular complexity index is 1640. The number of halogens is 1. The van der Waals surface area contributed by atoms with E-state index in [4.69, 9.17) is 4.42 Å². The van der Waals surface area contributed by atoms with E-state index in [2.05, 4.69) is 67.4 Å². The summed E-state index contributed by atoms with van der Waals surface area (Å²) >= 11 is 0. The maximum Gasteiger partial charge on any atom is 0.171 e. The highest BCUT2D eigenvalue weighted by atomic mass is 19.1. The number of fused-ring (bicyclic) bond motifs is 6. The standard InChI is InChI=1S/C29H22FNO/c1-17(2)14-20-16-21(15-19-11-10-18-6-3-4-7-22(18)26(19)20)27-29-24(12-13-31-27)23-8-5-9-25(30)28(23)32-29/h3-13,15-17H,14H2,1-2H3. The monoisotopic (exact) mass is 419 g/mol. The fourth-order valence-corrected chi connectivity index (χ4v) is 4.87. The molecule has 0 bridgehead atoms. The van der Waals surface area contributed by atoms with Gasteiger partial charge in [0.2, 0.25) is 0 Å². The normalized spacial score (nSPS) is 12.0. The third kappa shape index (κ3) is 2.89. The molecular weight excluding hydrogens is 397 g/mol. The molecule has 4 aromatic carbocycles. The van der Waals surface area contributed by atoms with Crippen molar-refractivity contribution >= 4 is 43.5 Å². The van der Waals surface area contributed by atoms with Crippen LogP contribution in [0.5, 0.6) is 0 Å². The summed E-state index contributed by atoms with van der Waals surface area (Å²) in [4.78, 5) is 4.68. The smallest absolute Gasteiger partial charge is 0.171 e. The highest BCUT2D eigenvalue weighted by molar-refractivity contribution is 6.12. The van der Waals surface area contributed by atoms with Crippen LogP contribution < -0.4 is 0 Å². The minimum absolute atomic E-state index is 0.283. The predicted octanol–water partition coefficient (Wildman–Crippen LogP) is 8.29. The lowest BCUT2D eigenvalue weighted by atomic mass is 9.90. The molecule has 0 aliphatic carbocycles. The Morgan fingerprint density at radius 3 is 2.47 bits per heavy atom. The molecule has 156 valence electrons. The molecule has 3 heteroatoms. The topological polar surface area (TPSA) is 26.0 Å². The third-order valence-corrected chi connectivity index (χ3v) is 6.19. The number of para-hydroxylation sites is 1. The van der Waals surface area contributed by atoms with Gasteiger partial charge in [-0.25, -0.2) is 4.39 Å². The SMILES string of the molecule is CC(C)Cc1cc(-c2nccc3c2oc2c(F)cccc23)cc2ccc3ccccc3c12. The highest BCUT2D eigenvalue weighted by Gasteiger charge is 2.17. The number of nitrogens with zero attached hydrogens (tertiary/aromatic N) is 1. The van der Waals surface area contributed by atoms with Crippen molar-refractivity contribution in [3.05, 3.63) is 90.4 Å². The van der Waals surface area contributed by atoms with Gasteiger partial charge in [-0.05, 0) is 63.7 Å². The molecule has 2 heterocycles. The zero-order valence-electron chi connectivity index (χ0n) is 18.0. The van der Waals surface area contributed by atoms with E-state index < -0.39 is 0 Å². The molecule has 0 radical (unpaired) electrons. The average molecular weight is 419 g/mol. The van der Waals surface area contributed by atoms with Crippen LogP contribution in [0.15, 0.2) is 83.4 Å². The van der Waals surface area contributed by atoms with Crippen LogP contribution in [-0.2, 0) is 6.42 Å². The van der Waals surface area contributed by atoms with Gasteiger partial charge in [0.25, 0.3) is 0 Å². The molecule has 0 unspecified atom stereocenters. The average Bonchev–Trinajstić information content (AvgIpc) is 3.18. The lowest BCUT2D eigenvalue weighted by Crippen LogP contribution is -1.97. The molecule has 0 fully saturated rings. The van der Waals surface area contributed by atoms with Gasteiger partial charge in [0, 0.05) is 22.5 Å². The first-order chi connectivity index (χ1) is 15.6. The molecule has 0 saturated carbocycles. The van der Waals surface area contributed by atoms with Gasteiger partial charge in [-0.15, -0.1) is 0 Å². The molecule has 0 saturated heterocycles. The largest absolute Gasteiger partial charge is 0.451 e. The number of pyridine rings is 1. The van der Waals surface area contributed by atoms with Crippen molar-refractivity contribution < 1.29 is 8.81 Å². The number of benzene rings is 4. The lowest BCUT2D eigenvalue weighted by molar-refractivity contribution is 0.584. The summed E-state index contributed by atoms with van der Waals surface area (Å²) in [6.07, 6.45) is 2.74. The van der Waals surface area contributed by atoms with Crippen LogP contribution in [0, 0.1) is 11.7 Å². The van der Waals surface area contributed by atoms with E-state index in [0.29, 0.717) is 11.5 Å². The van der Waals surface area contributed by atoms with Crippen LogP contribution in [0.2, 0.25) is 0 Å². The van der Waals surface area contributed by atoms with Crippen LogP contribution in [0.1, 0.15) is 19.4 Å². The number of furan rings is 1. The molecule has 2 nitrogen and oxygen atoms in total. The maximum atomic E-state index is 14.4. The van der Waals surface area contributed by atoms with Crippen molar-refractivity contribution in [3.63, 3.8) is 0 Å². The van der Waals surface area contributed by atoms with E-state index in [0.717, 1.165) is 28.5 Å². The van der Waals surface area contributed by atoms with E-state index in [1.165, 1.54) is 33.2 Å². The number of rotatable bonds is 3. The van der Waals surface area contributed by atoms with Gasteiger partial charge in [0.15, 0.2) is 17.0 Å². The van der Waals surface area contributed by atoms with Crippen molar-refractivity contribution in [3.8, 4) is 11.3 Å². The lowest BCUT2D eigenvalue weighted by Gasteiger charge is -2.14. The van der Waals surface area contributed by atoms with Gasteiger partial charge < -0.3 is 4.42 Å². The molecule has 2 aromatic heterocycles. The van der Waals surface area contributed by atoms with Crippen molar-refractivity contribution in [2.75, 3.05) is 0 Å². The first-order valence-corrected chi connectivity index (χ1v) is 11.0. The summed E-state index contributed by atoms with van der Waals surface area (Å²) < 4.78 is 20.4. The summed E-state index contributed by atoms with van der Waals surface area (Å²) in [6.45, 7) is 4.48. The van der Waals surface area contributed by atoms with Gasteiger partial charge in [0.05, 0.1) is 0 Å². The Labute approximate surface area is 185 Å². The Balaban J connectivity index is 1.68. The van der Waals surface area contributed by atoms with E-state index in [1.807, 2.05) is 12.1 Å². The third-order valence-electron chi connectivity index (χ3n) is 6.19. The van der Waals surface area contributed by atoms with Gasteiger partial charge >= 0.3 is 0 Å². The van der Waals surface area contributed by atoms with E-state index in [9.17, 15) is 4.39 Å². The maximum absolute atomic E-state index is 14.4. The second-order valence-electron chi connectivity index (χ2n) is 8.87. The molecule has 0 aliphatic heterocycles. The predicted molar refractivity (Wildman–Crippen MR) is 130 cm³/mol. The second-order valence-corrected chi connectivity index (χ2v) is 8.87. The van der Waals surface area contributed by atoms with Crippen LogP contribution in [0.25, 0.3) is 54.7 Å². The van der Waals surface area contributed by atoms with Crippen LogP contribution in [0.3, 0.4) is 0 Å². The molecule has 0 spiro atoms. The molecule has 6 aromatic rings.